The van der Waals surface area contributed by atoms with Gasteiger partial charge in [0.1, 0.15) is 11.7 Å². The van der Waals surface area contributed by atoms with Gasteiger partial charge in [0.05, 0.1) is 9.90 Å². The van der Waals surface area contributed by atoms with E-state index < -0.39 is 0 Å². The maximum absolute atomic E-state index is 13.6. The molecular formula is C27H32Cl2FN3S2. The number of halogens is 3. The van der Waals surface area contributed by atoms with E-state index in [2.05, 4.69) is 54.1 Å². The lowest BCUT2D eigenvalue weighted by Gasteiger charge is -2.41. The highest BCUT2D eigenvalue weighted by atomic mass is 35.5. The number of benzene rings is 2. The summed E-state index contributed by atoms with van der Waals surface area (Å²) in [6.07, 6.45) is 4.17. The molecule has 1 saturated heterocycles. The summed E-state index contributed by atoms with van der Waals surface area (Å²) < 4.78 is 15.0. The summed E-state index contributed by atoms with van der Waals surface area (Å²) in [6.45, 7) is 5.15. The molecule has 0 saturated carbocycles. The predicted molar refractivity (Wildman–Crippen MR) is 152 cm³/mol. The molecule has 0 bridgehead atoms. The lowest BCUT2D eigenvalue weighted by molar-refractivity contribution is 0.134. The van der Waals surface area contributed by atoms with Crippen LogP contribution in [0.25, 0.3) is 0 Å². The number of aryl methyl sites for hydroxylation is 2. The highest BCUT2D eigenvalue weighted by Crippen LogP contribution is 2.44. The Morgan fingerprint density at radius 2 is 1.86 bits per heavy atom. The molecule has 0 spiro atoms. The van der Waals surface area contributed by atoms with Crippen molar-refractivity contribution in [2.75, 3.05) is 26.7 Å². The molecule has 2 aliphatic rings. The number of likely N-dealkylation sites (N-methyl/N-ethyl adjacent to an activating group) is 1. The molecular weight excluding hydrogens is 520 g/mol. The maximum Gasteiger partial charge on any atom is 0.138 e. The van der Waals surface area contributed by atoms with E-state index in [1.54, 1.807) is 6.07 Å². The molecule has 0 N–H and O–H groups in total. The second-order valence-electron chi connectivity index (χ2n) is 8.92. The van der Waals surface area contributed by atoms with Crippen LogP contribution in [0.15, 0.2) is 68.7 Å². The number of hydrogen-bond acceptors (Lipinski definition) is 5. The highest BCUT2D eigenvalue weighted by Gasteiger charge is 2.30. The second-order valence-corrected chi connectivity index (χ2v) is 11.4. The van der Waals surface area contributed by atoms with Gasteiger partial charge in [-0.2, -0.15) is 0 Å². The molecule has 0 aliphatic carbocycles. The molecule has 5 rings (SSSR count). The normalized spacial score (nSPS) is 17.4. The standard InChI is InChI=1S/C27H30FN3S2.2ClH/c1-3-7-22-17-23-26(29-24-10-4-5-11-25(24)33-27(23)32-22)31-15-14-30(2)21(18-31)13-12-19-8-6-9-20(28)16-19;;/h4-6,8-11,16-17,21H,3,7,12-15,18H2,1-2H3;2*1H/t21-;;/m0../s1. The molecule has 35 heavy (non-hydrogen) atoms. The fourth-order valence-electron chi connectivity index (χ4n) is 4.65. The first-order valence-corrected chi connectivity index (χ1v) is 13.4. The Labute approximate surface area is 228 Å². The number of aliphatic imine (C=N–C) groups is 1. The van der Waals surface area contributed by atoms with Crippen LogP contribution >= 0.6 is 47.9 Å². The van der Waals surface area contributed by atoms with Crippen LogP contribution in [0.2, 0.25) is 0 Å². The number of piperazine rings is 1. The largest absolute Gasteiger partial charge is 0.353 e. The Morgan fingerprint density at radius 3 is 2.66 bits per heavy atom. The minimum Gasteiger partial charge on any atom is -0.353 e. The van der Waals surface area contributed by atoms with Crippen LogP contribution in [0, 0.1) is 5.82 Å². The van der Waals surface area contributed by atoms with Crippen LogP contribution in [0.1, 0.15) is 35.8 Å². The Bertz CT molecular complexity index is 1170. The minimum absolute atomic E-state index is 0. The molecule has 3 aromatic rings. The monoisotopic (exact) mass is 551 g/mol. The molecule has 8 heteroatoms. The van der Waals surface area contributed by atoms with Crippen LogP contribution in [0.3, 0.4) is 0 Å². The summed E-state index contributed by atoms with van der Waals surface area (Å²) in [4.78, 5) is 12.8. The van der Waals surface area contributed by atoms with Crippen LogP contribution in [-0.4, -0.2) is 48.4 Å². The average molecular weight is 553 g/mol. The predicted octanol–water partition coefficient (Wildman–Crippen LogP) is 7.48. The summed E-state index contributed by atoms with van der Waals surface area (Å²) in [7, 11) is 2.21. The van der Waals surface area contributed by atoms with Crippen molar-refractivity contribution in [2.24, 2.45) is 4.99 Å². The van der Waals surface area contributed by atoms with Crippen molar-refractivity contribution in [1.82, 2.24) is 9.80 Å². The molecule has 0 radical (unpaired) electrons. The van der Waals surface area contributed by atoms with Crippen molar-refractivity contribution in [3.8, 4) is 0 Å². The lowest BCUT2D eigenvalue weighted by atomic mass is 10.0. The van der Waals surface area contributed by atoms with E-state index in [0.29, 0.717) is 6.04 Å². The molecule has 2 aliphatic heterocycles. The first kappa shape index (κ1) is 28.0. The summed E-state index contributed by atoms with van der Waals surface area (Å²) >= 11 is 3.78. The van der Waals surface area contributed by atoms with Crippen LogP contribution in [0.4, 0.5) is 10.1 Å². The van der Waals surface area contributed by atoms with Gasteiger partial charge in [-0.25, -0.2) is 9.38 Å². The van der Waals surface area contributed by atoms with Gasteiger partial charge in [0.25, 0.3) is 0 Å². The van der Waals surface area contributed by atoms with Crippen molar-refractivity contribution in [3.63, 3.8) is 0 Å². The Hall–Kier alpha value is -1.57. The summed E-state index contributed by atoms with van der Waals surface area (Å²) in [6, 6.07) is 18.3. The van der Waals surface area contributed by atoms with Gasteiger partial charge in [0, 0.05) is 41.0 Å². The van der Waals surface area contributed by atoms with Crippen LogP contribution in [-0.2, 0) is 12.8 Å². The number of nitrogens with zero attached hydrogens (tertiary/aromatic N) is 3. The van der Waals surface area contributed by atoms with E-state index in [0.717, 1.165) is 62.4 Å². The van der Waals surface area contributed by atoms with Gasteiger partial charge in [-0.3, -0.25) is 4.90 Å². The number of rotatable bonds is 5. The van der Waals surface area contributed by atoms with Gasteiger partial charge in [-0.1, -0.05) is 49.4 Å². The van der Waals surface area contributed by atoms with Gasteiger partial charge >= 0.3 is 0 Å². The summed E-state index contributed by atoms with van der Waals surface area (Å²) in [5.41, 5.74) is 3.42. The zero-order valence-corrected chi connectivity index (χ0v) is 23.3. The minimum atomic E-state index is -0.150. The molecule has 3 heterocycles. The molecule has 0 amide bonds. The molecule has 1 fully saturated rings. The van der Waals surface area contributed by atoms with Crippen molar-refractivity contribution in [3.05, 3.63) is 76.4 Å². The third-order valence-corrected chi connectivity index (χ3v) is 8.97. The maximum atomic E-state index is 13.6. The van der Waals surface area contributed by atoms with Gasteiger partial charge in [0.15, 0.2) is 0 Å². The Balaban J connectivity index is 0.00000171. The lowest BCUT2D eigenvalue weighted by Crippen LogP contribution is -2.53. The van der Waals surface area contributed by atoms with E-state index in [1.165, 1.54) is 25.6 Å². The molecule has 1 atom stereocenters. The zero-order valence-electron chi connectivity index (χ0n) is 20.1. The molecule has 3 nitrogen and oxygen atoms in total. The fraction of sp³-hybridized carbons (Fsp3) is 0.370. The quantitative estimate of drug-likeness (QED) is 0.327. The van der Waals surface area contributed by atoms with Crippen molar-refractivity contribution < 1.29 is 4.39 Å². The number of hydrogen-bond donors (Lipinski definition) is 0. The summed E-state index contributed by atoms with van der Waals surface area (Å²) in [5.74, 6) is 0.966. The smallest absolute Gasteiger partial charge is 0.138 e. The second kappa shape index (κ2) is 12.6. The Kier molecular flexibility index (Phi) is 10.1. The van der Waals surface area contributed by atoms with Gasteiger partial charge in [0.2, 0.25) is 0 Å². The summed E-state index contributed by atoms with van der Waals surface area (Å²) in [5, 5.41) is 0. The van der Waals surface area contributed by atoms with E-state index >= 15 is 0 Å². The SMILES string of the molecule is CCCc1cc2c(s1)Sc1ccccc1N=C2N1CCN(C)[C@@H](CCc2cccc(F)c2)C1.Cl.Cl. The van der Waals surface area contributed by atoms with Crippen LogP contribution < -0.4 is 0 Å². The molecule has 1 aromatic heterocycles. The average Bonchev–Trinajstić information content (AvgIpc) is 3.13. The topological polar surface area (TPSA) is 18.8 Å². The Morgan fingerprint density at radius 1 is 1.03 bits per heavy atom. The van der Waals surface area contributed by atoms with Crippen LogP contribution in [0.5, 0.6) is 0 Å². The first-order chi connectivity index (χ1) is 16.1. The fourth-order valence-corrected chi connectivity index (χ4v) is 7.21. The van der Waals surface area contributed by atoms with Gasteiger partial charge < -0.3 is 4.90 Å². The van der Waals surface area contributed by atoms with Crippen molar-refractivity contribution in [1.29, 1.82) is 0 Å². The first-order valence-electron chi connectivity index (χ1n) is 11.8. The third kappa shape index (κ3) is 6.41. The van der Waals surface area contributed by atoms with E-state index in [4.69, 9.17) is 4.99 Å². The highest BCUT2D eigenvalue weighted by molar-refractivity contribution is 8.01. The molecule has 0 unspecified atom stereocenters. The number of fused-ring (bicyclic) bond motifs is 2. The number of thiophene rings is 1. The van der Waals surface area contributed by atoms with Gasteiger partial charge in [-0.05, 0) is 62.2 Å². The third-order valence-electron chi connectivity index (χ3n) is 6.51. The number of amidine groups is 1. The van der Waals surface area contributed by atoms with Gasteiger partial charge in [-0.15, -0.1) is 36.2 Å². The van der Waals surface area contributed by atoms with Crippen molar-refractivity contribution >= 4 is 59.4 Å². The number of para-hydroxylation sites is 1. The van der Waals surface area contributed by atoms with E-state index in [-0.39, 0.29) is 30.6 Å². The van der Waals surface area contributed by atoms with E-state index in [9.17, 15) is 4.39 Å². The molecule has 2 aromatic carbocycles. The zero-order chi connectivity index (χ0) is 22.8. The van der Waals surface area contributed by atoms with E-state index in [1.807, 2.05) is 35.2 Å². The molecule has 188 valence electrons. The van der Waals surface area contributed by atoms with Crippen molar-refractivity contribution in [2.45, 2.75) is 47.8 Å².